The fourth-order valence-electron chi connectivity index (χ4n) is 1.92. The molecule has 0 fully saturated rings. The van der Waals surface area contributed by atoms with E-state index < -0.39 is 0 Å². The molecule has 0 bridgehead atoms. The van der Waals surface area contributed by atoms with E-state index >= 15 is 0 Å². The fourth-order valence-corrected chi connectivity index (χ4v) is 2.22. The third kappa shape index (κ3) is 3.19. The zero-order valence-corrected chi connectivity index (χ0v) is 11.4. The van der Waals surface area contributed by atoms with Crippen LogP contribution in [0.15, 0.2) is 42.5 Å². The SMILES string of the molecule is C[C@@H](NCc1cccc(O)c1O)c1ccccc1Cl. The van der Waals surface area contributed by atoms with Crippen LogP contribution in [0.1, 0.15) is 24.1 Å². The molecule has 0 aliphatic carbocycles. The molecule has 1 atom stereocenters. The summed E-state index contributed by atoms with van der Waals surface area (Å²) in [6.07, 6.45) is 0. The number of hydrogen-bond acceptors (Lipinski definition) is 3. The van der Waals surface area contributed by atoms with Crippen molar-refractivity contribution in [2.45, 2.75) is 19.5 Å². The van der Waals surface area contributed by atoms with E-state index in [2.05, 4.69) is 5.32 Å². The van der Waals surface area contributed by atoms with Gasteiger partial charge in [-0.15, -0.1) is 0 Å². The lowest BCUT2D eigenvalue weighted by atomic mass is 10.1. The first kappa shape index (κ1) is 13.7. The summed E-state index contributed by atoms with van der Waals surface area (Å²) >= 11 is 6.13. The highest BCUT2D eigenvalue weighted by molar-refractivity contribution is 6.31. The third-order valence-electron chi connectivity index (χ3n) is 3.07. The highest BCUT2D eigenvalue weighted by Crippen LogP contribution is 2.29. The van der Waals surface area contributed by atoms with Gasteiger partial charge >= 0.3 is 0 Å². The lowest BCUT2D eigenvalue weighted by Gasteiger charge is -2.16. The quantitative estimate of drug-likeness (QED) is 0.749. The summed E-state index contributed by atoms with van der Waals surface area (Å²) in [6, 6.07) is 12.6. The number of nitrogens with one attached hydrogen (secondary N) is 1. The van der Waals surface area contributed by atoms with Crippen molar-refractivity contribution in [2.24, 2.45) is 0 Å². The van der Waals surface area contributed by atoms with E-state index in [0.717, 1.165) is 5.56 Å². The number of aromatic hydroxyl groups is 2. The van der Waals surface area contributed by atoms with Gasteiger partial charge in [-0.1, -0.05) is 41.9 Å². The van der Waals surface area contributed by atoms with Gasteiger partial charge in [-0.3, -0.25) is 0 Å². The molecule has 4 heteroatoms. The summed E-state index contributed by atoms with van der Waals surface area (Å²) in [7, 11) is 0. The van der Waals surface area contributed by atoms with Crippen LogP contribution in [0.2, 0.25) is 5.02 Å². The van der Waals surface area contributed by atoms with Crippen LogP contribution in [0.25, 0.3) is 0 Å². The molecule has 19 heavy (non-hydrogen) atoms. The monoisotopic (exact) mass is 277 g/mol. The van der Waals surface area contributed by atoms with Gasteiger partial charge in [-0.25, -0.2) is 0 Å². The largest absolute Gasteiger partial charge is 0.504 e. The molecule has 0 aliphatic rings. The molecule has 0 saturated heterocycles. The van der Waals surface area contributed by atoms with Gasteiger partial charge in [0.1, 0.15) is 0 Å². The van der Waals surface area contributed by atoms with Crippen LogP contribution in [0.5, 0.6) is 11.5 Å². The summed E-state index contributed by atoms with van der Waals surface area (Å²) in [5.74, 6) is -0.189. The minimum atomic E-state index is -0.107. The molecular formula is C15H16ClNO2. The number of hydrogen-bond donors (Lipinski definition) is 3. The zero-order chi connectivity index (χ0) is 13.8. The lowest BCUT2D eigenvalue weighted by molar-refractivity contribution is 0.396. The summed E-state index contributed by atoms with van der Waals surface area (Å²) in [6.45, 7) is 2.45. The Balaban J connectivity index is 2.07. The van der Waals surface area contributed by atoms with Crippen LogP contribution >= 0.6 is 11.6 Å². The average Bonchev–Trinajstić information content (AvgIpc) is 2.40. The number of rotatable bonds is 4. The molecule has 3 N–H and O–H groups in total. The maximum Gasteiger partial charge on any atom is 0.161 e. The Hall–Kier alpha value is -1.71. The molecule has 2 rings (SSSR count). The van der Waals surface area contributed by atoms with E-state index in [0.29, 0.717) is 17.1 Å². The second kappa shape index (κ2) is 5.95. The minimum Gasteiger partial charge on any atom is -0.504 e. The van der Waals surface area contributed by atoms with Crippen LogP contribution < -0.4 is 5.32 Å². The first-order valence-corrected chi connectivity index (χ1v) is 6.45. The third-order valence-corrected chi connectivity index (χ3v) is 3.41. The van der Waals surface area contributed by atoms with E-state index in [-0.39, 0.29) is 17.5 Å². The Kier molecular flexibility index (Phi) is 4.30. The molecule has 100 valence electrons. The molecule has 0 radical (unpaired) electrons. The van der Waals surface area contributed by atoms with E-state index in [1.165, 1.54) is 6.07 Å². The molecule has 0 aliphatic heterocycles. The number of halogens is 1. The normalized spacial score (nSPS) is 12.3. The number of phenolic OH excluding ortho intramolecular Hbond substituents is 2. The molecule has 3 nitrogen and oxygen atoms in total. The molecule has 0 aromatic heterocycles. The Morgan fingerprint density at radius 3 is 2.58 bits per heavy atom. The van der Waals surface area contributed by atoms with Gasteiger partial charge in [0.05, 0.1) is 0 Å². The predicted octanol–water partition coefficient (Wildman–Crippen LogP) is 3.60. The van der Waals surface area contributed by atoms with Crippen molar-refractivity contribution in [1.82, 2.24) is 5.32 Å². The second-order valence-electron chi connectivity index (χ2n) is 4.41. The maximum atomic E-state index is 9.72. The molecule has 0 heterocycles. The summed E-state index contributed by atoms with van der Waals surface area (Å²) in [4.78, 5) is 0. The lowest BCUT2D eigenvalue weighted by Crippen LogP contribution is -2.18. The van der Waals surface area contributed by atoms with Crippen LogP contribution in [0.4, 0.5) is 0 Å². The van der Waals surface area contributed by atoms with Crippen molar-refractivity contribution in [2.75, 3.05) is 0 Å². The molecular weight excluding hydrogens is 262 g/mol. The van der Waals surface area contributed by atoms with Crippen molar-refractivity contribution in [3.8, 4) is 11.5 Å². The first-order chi connectivity index (χ1) is 9.09. The highest BCUT2D eigenvalue weighted by Gasteiger charge is 2.10. The van der Waals surface area contributed by atoms with Gasteiger partial charge in [0.2, 0.25) is 0 Å². The molecule has 0 saturated carbocycles. The van der Waals surface area contributed by atoms with Crippen LogP contribution in [-0.2, 0) is 6.54 Å². The van der Waals surface area contributed by atoms with E-state index in [4.69, 9.17) is 11.6 Å². The van der Waals surface area contributed by atoms with E-state index in [9.17, 15) is 10.2 Å². The molecule has 0 unspecified atom stereocenters. The van der Waals surface area contributed by atoms with Gasteiger partial charge in [-0.05, 0) is 24.6 Å². The smallest absolute Gasteiger partial charge is 0.161 e. The first-order valence-electron chi connectivity index (χ1n) is 6.07. The molecule has 2 aromatic carbocycles. The molecule has 0 amide bonds. The van der Waals surface area contributed by atoms with Crippen LogP contribution in [-0.4, -0.2) is 10.2 Å². The molecule has 2 aromatic rings. The van der Waals surface area contributed by atoms with Gasteiger partial charge in [-0.2, -0.15) is 0 Å². The topological polar surface area (TPSA) is 52.5 Å². The predicted molar refractivity (Wildman–Crippen MR) is 76.5 cm³/mol. The van der Waals surface area contributed by atoms with Crippen LogP contribution in [0, 0.1) is 0 Å². The molecule has 0 spiro atoms. The number of phenols is 2. The van der Waals surface area contributed by atoms with Gasteiger partial charge < -0.3 is 15.5 Å². The van der Waals surface area contributed by atoms with E-state index in [1.54, 1.807) is 12.1 Å². The van der Waals surface area contributed by atoms with Crippen molar-refractivity contribution in [3.05, 3.63) is 58.6 Å². The van der Waals surface area contributed by atoms with Gasteiger partial charge in [0.15, 0.2) is 11.5 Å². The Morgan fingerprint density at radius 1 is 1.11 bits per heavy atom. The Labute approximate surface area is 117 Å². The van der Waals surface area contributed by atoms with Crippen LogP contribution in [0.3, 0.4) is 0 Å². The minimum absolute atomic E-state index is 0.0513. The average molecular weight is 278 g/mol. The summed E-state index contributed by atoms with van der Waals surface area (Å²) < 4.78 is 0. The van der Waals surface area contributed by atoms with Crippen molar-refractivity contribution in [3.63, 3.8) is 0 Å². The fraction of sp³-hybridized carbons (Fsp3) is 0.200. The summed E-state index contributed by atoms with van der Waals surface area (Å²) in [5, 5.41) is 23.1. The highest BCUT2D eigenvalue weighted by atomic mass is 35.5. The van der Waals surface area contributed by atoms with E-state index in [1.807, 2.05) is 31.2 Å². The number of benzene rings is 2. The maximum absolute atomic E-state index is 9.72. The zero-order valence-electron chi connectivity index (χ0n) is 10.6. The van der Waals surface area contributed by atoms with Gasteiger partial charge in [0.25, 0.3) is 0 Å². The van der Waals surface area contributed by atoms with Crippen molar-refractivity contribution >= 4 is 11.6 Å². The standard InChI is InChI=1S/C15H16ClNO2/c1-10(12-6-2-3-7-13(12)16)17-9-11-5-4-8-14(18)15(11)19/h2-8,10,17-19H,9H2,1H3/t10-/m1/s1. The Bertz CT molecular complexity index is 572. The van der Waals surface area contributed by atoms with Gasteiger partial charge in [0, 0.05) is 23.2 Å². The van der Waals surface area contributed by atoms with Crippen molar-refractivity contribution < 1.29 is 10.2 Å². The number of para-hydroxylation sites is 1. The summed E-state index contributed by atoms with van der Waals surface area (Å²) in [5.41, 5.74) is 1.66. The Morgan fingerprint density at radius 2 is 1.84 bits per heavy atom. The van der Waals surface area contributed by atoms with Crippen molar-refractivity contribution in [1.29, 1.82) is 0 Å². The second-order valence-corrected chi connectivity index (χ2v) is 4.82.